The lowest BCUT2D eigenvalue weighted by Crippen LogP contribution is -2.45. The summed E-state index contributed by atoms with van der Waals surface area (Å²) in [6.07, 6.45) is 0. The molecule has 0 saturated heterocycles. The Morgan fingerprint density at radius 2 is 1.83 bits per heavy atom. The number of carbonyl (C=O) groups excluding carboxylic acids is 1. The molecule has 29 heavy (non-hydrogen) atoms. The summed E-state index contributed by atoms with van der Waals surface area (Å²) in [5, 5.41) is 4.02. The number of amides is 1. The molecule has 0 radical (unpaired) electrons. The number of hydrogen-bond donors (Lipinski definition) is 2. The molecule has 7 nitrogen and oxygen atoms in total. The van der Waals surface area contributed by atoms with Gasteiger partial charge in [0.05, 0.1) is 24.1 Å². The number of rotatable bonds is 7. The highest BCUT2D eigenvalue weighted by molar-refractivity contribution is 7.89. The first-order valence-corrected chi connectivity index (χ1v) is 10.7. The number of furan rings is 1. The third-order valence-corrected chi connectivity index (χ3v) is 6.19. The SMILES string of the molecule is COc1cccc2cc(C(C)NC(=O)[C@H](C)NS(=O)(=O)c3ccc(Cl)cc3)oc12. The number of carbonyl (C=O) groups is 1. The van der Waals surface area contributed by atoms with E-state index in [1.54, 1.807) is 20.1 Å². The molecule has 0 fully saturated rings. The molecule has 0 bridgehead atoms. The summed E-state index contributed by atoms with van der Waals surface area (Å²) in [7, 11) is -2.31. The predicted octanol–water partition coefficient (Wildman–Crippen LogP) is 3.64. The van der Waals surface area contributed by atoms with Crippen molar-refractivity contribution in [1.82, 2.24) is 10.0 Å². The van der Waals surface area contributed by atoms with Gasteiger partial charge in [-0.15, -0.1) is 0 Å². The number of halogens is 1. The quantitative estimate of drug-likeness (QED) is 0.589. The zero-order valence-corrected chi connectivity index (χ0v) is 17.7. The van der Waals surface area contributed by atoms with Gasteiger partial charge in [-0.3, -0.25) is 4.79 Å². The normalized spacial score (nSPS) is 13.8. The van der Waals surface area contributed by atoms with Crippen LogP contribution in [0.2, 0.25) is 5.02 Å². The third kappa shape index (κ3) is 4.72. The summed E-state index contributed by atoms with van der Waals surface area (Å²) in [5.74, 6) is 0.643. The van der Waals surface area contributed by atoms with Crippen LogP contribution in [0.15, 0.2) is 57.8 Å². The first kappa shape index (κ1) is 21.2. The molecule has 2 aromatic carbocycles. The maximum atomic E-state index is 12.5. The van der Waals surface area contributed by atoms with E-state index in [1.807, 2.05) is 18.2 Å². The fraction of sp³-hybridized carbons (Fsp3) is 0.250. The van der Waals surface area contributed by atoms with E-state index < -0.39 is 28.0 Å². The molecule has 9 heteroatoms. The summed E-state index contributed by atoms with van der Waals surface area (Å²) < 4.78 is 38.3. The molecule has 0 aliphatic heterocycles. The van der Waals surface area contributed by atoms with E-state index in [-0.39, 0.29) is 4.90 Å². The van der Waals surface area contributed by atoms with Crippen LogP contribution in [-0.2, 0) is 14.8 Å². The summed E-state index contributed by atoms with van der Waals surface area (Å²) >= 11 is 5.79. The van der Waals surface area contributed by atoms with E-state index in [0.29, 0.717) is 22.1 Å². The predicted molar refractivity (Wildman–Crippen MR) is 111 cm³/mol. The van der Waals surface area contributed by atoms with Gasteiger partial charge in [0.15, 0.2) is 11.3 Å². The smallest absolute Gasteiger partial charge is 0.241 e. The van der Waals surface area contributed by atoms with E-state index >= 15 is 0 Å². The monoisotopic (exact) mass is 436 g/mol. The van der Waals surface area contributed by atoms with Crippen molar-refractivity contribution in [3.63, 3.8) is 0 Å². The van der Waals surface area contributed by atoms with Crippen LogP contribution in [0.1, 0.15) is 25.6 Å². The molecule has 0 spiro atoms. The Kier molecular flexibility index (Phi) is 6.16. The molecule has 2 N–H and O–H groups in total. The number of methoxy groups -OCH3 is 1. The van der Waals surface area contributed by atoms with Crippen molar-refractivity contribution in [2.45, 2.75) is 30.8 Å². The minimum absolute atomic E-state index is 0.0268. The second-order valence-electron chi connectivity index (χ2n) is 6.55. The third-order valence-electron chi connectivity index (χ3n) is 4.38. The maximum Gasteiger partial charge on any atom is 0.241 e. The lowest BCUT2D eigenvalue weighted by molar-refractivity contribution is -0.123. The van der Waals surface area contributed by atoms with Gasteiger partial charge >= 0.3 is 0 Å². The van der Waals surface area contributed by atoms with Gasteiger partial charge in [-0.2, -0.15) is 4.72 Å². The topological polar surface area (TPSA) is 97.6 Å². The fourth-order valence-corrected chi connectivity index (χ4v) is 4.14. The lowest BCUT2D eigenvalue weighted by atomic mass is 10.2. The molecule has 0 aliphatic carbocycles. The number of para-hydroxylation sites is 1. The van der Waals surface area contributed by atoms with Crippen molar-refractivity contribution in [2.24, 2.45) is 0 Å². The van der Waals surface area contributed by atoms with Gasteiger partial charge in [0.25, 0.3) is 0 Å². The van der Waals surface area contributed by atoms with E-state index in [1.165, 1.54) is 31.2 Å². The van der Waals surface area contributed by atoms with Crippen molar-refractivity contribution in [3.8, 4) is 5.75 Å². The molecule has 1 heterocycles. The van der Waals surface area contributed by atoms with Crippen molar-refractivity contribution in [1.29, 1.82) is 0 Å². The molecule has 1 aromatic heterocycles. The van der Waals surface area contributed by atoms with Gasteiger partial charge < -0.3 is 14.5 Å². The van der Waals surface area contributed by atoms with Crippen LogP contribution in [0.5, 0.6) is 5.75 Å². The van der Waals surface area contributed by atoms with Crippen LogP contribution < -0.4 is 14.8 Å². The number of ether oxygens (including phenoxy) is 1. The fourth-order valence-electron chi connectivity index (χ4n) is 2.81. The summed E-state index contributed by atoms with van der Waals surface area (Å²) in [6.45, 7) is 3.22. The standard InChI is InChI=1S/C20H21ClN2O5S/c1-12(18-11-14-5-4-6-17(27-3)19(14)28-18)22-20(24)13(2)23-29(25,26)16-9-7-15(21)8-10-16/h4-13,23H,1-3H3,(H,22,24)/t12?,13-/m0/s1. The van der Waals surface area contributed by atoms with E-state index in [4.69, 9.17) is 20.8 Å². The van der Waals surface area contributed by atoms with Crippen LogP contribution in [-0.4, -0.2) is 27.5 Å². The van der Waals surface area contributed by atoms with Crippen LogP contribution in [0.3, 0.4) is 0 Å². The summed E-state index contributed by atoms with van der Waals surface area (Å²) in [4.78, 5) is 12.5. The van der Waals surface area contributed by atoms with Gasteiger partial charge in [-0.05, 0) is 50.2 Å². The number of nitrogens with one attached hydrogen (secondary N) is 2. The Morgan fingerprint density at radius 1 is 1.14 bits per heavy atom. The Hall–Kier alpha value is -2.55. The Labute approximate surface area is 174 Å². The number of sulfonamides is 1. The Bertz CT molecular complexity index is 1130. The minimum Gasteiger partial charge on any atom is -0.493 e. The zero-order valence-electron chi connectivity index (χ0n) is 16.1. The van der Waals surface area contributed by atoms with Crippen molar-refractivity contribution in [2.75, 3.05) is 7.11 Å². The maximum absolute atomic E-state index is 12.5. The van der Waals surface area contributed by atoms with Crippen LogP contribution in [0.25, 0.3) is 11.0 Å². The summed E-state index contributed by atoms with van der Waals surface area (Å²) in [5.41, 5.74) is 0.586. The van der Waals surface area contributed by atoms with Gasteiger partial charge in [0.1, 0.15) is 5.76 Å². The highest BCUT2D eigenvalue weighted by Crippen LogP contribution is 2.30. The van der Waals surface area contributed by atoms with Crippen molar-refractivity contribution < 1.29 is 22.4 Å². The van der Waals surface area contributed by atoms with Gasteiger partial charge in [0, 0.05) is 10.4 Å². The van der Waals surface area contributed by atoms with Crippen LogP contribution in [0, 0.1) is 0 Å². The largest absolute Gasteiger partial charge is 0.493 e. The minimum atomic E-state index is -3.86. The number of fused-ring (bicyclic) bond motifs is 1. The molecule has 3 aromatic rings. The second-order valence-corrected chi connectivity index (χ2v) is 8.70. The van der Waals surface area contributed by atoms with Gasteiger partial charge in [-0.1, -0.05) is 23.7 Å². The van der Waals surface area contributed by atoms with Crippen molar-refractivity contribution >= 4 is 38.5 Å². The first-order chi connectivity index (χ1) is 13.7. The van der Waals surface area contributed by atoms with Crippen LogP contribution >= 0.6 is 11.6 Å². The average molecular weight is 437 g/mol. The summed E-state index contributed by atoms with van der Waals surface area (Å²) in [6, 6.07) is 11.5. The highest BCUT2D eigenvalue weighted by atomic mass is 35.5. The molecular weight excluding hydrogens is 416 g/mol. The van der Waals surface area contributed by atoms with E-state index in [9.17, 15) is 13.2 Å². The molecule has 154 valence electrons. The van der Waals surface area contributed by atoms with Crippen LogP contribution in [0.4, 0.5) is 0 Å². The number of benzene rings is 2. The molecule has 3 rings (SSSR count). The molecule has 2 atom stereocenters. The Balaban J connectivity index is 1.70. The van der Waals surface area contributed by atoms with Gasteiger partial charge in [-0.25, -0.2) is 8.42 Å². The zero-order chi connectivity index (χ0) is 21.2. The first-order valence-electron chi connectivity index (χ1n) is 8.86. The van der Waals surface area contributed by atoms with Crippen molar-refractivity contribution in [3.05, 3.63) is 59.3 Å². The Morgan fingerprint density at radius 3 is 2.48 bits per heavy atom. The average Bonchev–Trinajstić information content (AvgIpc) is 3.12. The van der Waals surface area contributed by atoms with E-state index in [0.717, 1.165) is 5.39 Å². The molecule has 0 aliphatic rings. The highest BCUT2D eigenvalue weighted by Gasteiger charge is 2.24. The number of hydrogen-bond acceptors (Lipinski definition) is 5. The van der Waals surface area contributed by atoms with Gasteiger partial charge in [0.2, 0.25) is 15.9 Å². The molecular formula is C20H21ClN2O5S. The molecule has 1 unspecified atom stereocenters. The molecule has 0 saturated carbocycles. The lowest BCUT2D eigenvalue weighted by Gasteiger charge is -2.17. The van der Waals surface area contributed by atoms with E-state index in [2.05, 4.69) is 10.0 Å². The molecule has 1 amide bonds. The second kappa shape index (κ2) is 8.44.